The van der Waals surface area contributed by atoms with Gasteiger partial charge in [0.05, 0.1) is 18.4 Å². The van der Waals surface area contributed by atoms with E-state index in [0.29, 0.717) is 6.61 Å². The molecule has 3 unspecified atom stereocenters. The fourth-order valence-corrected chi connectivity index (χ4v) is 6.30. The van der Waals surface area contributed by atoms with Gasteiger partial charge < -0.3 is 14.8 Å². The summed E-state index contributed by atoms with van der Waals surface area (Å²) >= 11 is 0. The summed E-state index contributed by atoms with van der Waals surface area (Å²) in [7, 11) is 2.11. The van der Waals surface area contributed by atoms with E-state index in [-0.39, 0.29) is 52.0 Å². The molecule has 0 spiro atoms. The number of hydrogen-bond acceptors (Lipinski definition) is 6. The van der Waals surface area contributed by atoms with Crippen molar-refractivity contribution in [2.24, 2.45) is 11.8 Å². The second-order valence-electron chi connectivity index (χ2n) is 13.5. The number of hydrogen-bond donors (Lipinski definition) is 1. The Morgan fingerprint density at radius 2 is 1.49 bits per heavy atom. The molecule has 2 aliphatic rings. The lowest BCUT2D eigenvalue weighted by molar-refractivity contribution is -0.157. The SMILES string of the molecule is CCC(CCCCCCCOC(=O)C1CC(C)(C)NC1(C)C)OC(=O)C1CC(C)(C)N(C)C1(C)C. The minimum atomic E-state index is -0.223. The van der Waals surface area contributed by atoms with Gasteiger partial charge in [0, 0.05) is 22.2 Å². The van der Waals surface area contributed by atoms with Crippen molar-refractivity contribution in [2.45, 2.75) is 148 Å². The lowest BCUT2D eigenvalue weighted by Gasteiger charge is -2.38. The van der Waals surface area contributed by atoms with Crippen LogP contribution in [-0.4, -0.2) is 58.8 Å². The average molecular weight is 495 g/mol. The third-order valence-electron chi connectivity index (χ3n) is 8.80. The Kier molecular flexibility index (Phi) is 9.88. The second-order valence-corrected chi connectivity index (χ2v) is 13.5. The first-order chi connectivity index (χ1) is 16.0. The fraction of sp³-hybridized carbons (Fsp3) is 0.931. The van der Waals surface area contributed by atoms with Crippen molar-refractivity contribution in [3.05, 3.63) is 0 Å². The van der Waals surface area contributed by atoms with Gasteiger partial charge in [-0.3, -0.25) is 14.5 Å². The zero-order chi connectivity index (χ0) is 26.7. The van der Waals surface area contributed by atoms with Crippen LogP contribution in [0.5, 0.6) is 0 Å². The molecule has 204 valence electrons. The summed E-state index contributed by atoms with van der Waals surface area (Å²) in [6.07, 6.45) is 8.67. The quantitative estimate of drug-likeness (QED) is 0.270. The van der Waals surface area contributed by atoms with Gasteiger partial charge in [-0.05, 0) is 101 Å². The highest BCUT2D eigenvalue weighted by molar-refractivity contribution is 5.75. The standard InChI is InChI=1S/C29H54N2O4/c1-11-21(35-25(33)23-20-27(4,5)31(10)29(23,8)9)17-15-13-12-14-16-18-34-24(32)22-19-26(2,3)30-28(22,6)7/h21-23,30H,11-20H2,1-10H3. The molecule has 2 aliphatic heterocycles. The molecule has 0 saturated carbocycles. The number of likely N-dealkylation sites (tertiary alicyclic amines) is 1. The third-order valence-corrected chi connectivity index (χ3v) is 8.80. The Balaban J connectivity index is 1.61. The minimum Gasteiger partial charge on any atom is -0.465 e. The highest BCUT2D eigenvalue weighted by Gasteiger charge is 2.53. The topological polar surface area (TPSA) is 67.9 Å². The summed E-state index contributed by atoms with van der Waals surface area (Å²) in [4.78, 5) is 27.9. The highest BCUT2D eigenvalue weighted by atomic mass is 16.5. The summed E-state index contributed by atoms with van der Waals surface area (Å²) in [6.45, 7) is 19.8. The van der Waals surface area contributed by atoms with Gasteiger partial charge >= 0.3 is 11.9 Å². The van der Waals surface area contributed by atoms with Gasteiger partial charge in [0.2, 0.25) is 0 Å². The largest absolute Gasteiger partial charge is 0.465 e. The Labute approximate surface area is 215 Å². The number of carbonyl (C=O) groups excluding carboxylic acids is 2. The number of rotatable bonds is 12. The zero-order valence-electron chi connectivity index (χ0n) is 24.4. The Hall–Kier alpha value is -1.14. The molecular weight excluding hydrogens is 440 g/mol. The van der Waals surface area contributed by atoms with Crippen molar-refractivity contribution in [2.75, 3.05) is 13.7 Å². The molecule has 2 fully saturated rings. The van der Waals surface area contributed by atoms with Crippen LogP contribution in [0.3, 0.4) is 0 Å². The fourth-order valence-electron chi connectivity index (χ4n) is 6.30. The maximum atomic E-state index is 13.0. The van der Waals surface area contributed by atoms with Crippen molar-refractivity contribution in [3.8, 4) is 0 Å². The van der Waals surface area contributed by atoms with Crippen molar-refractivity contribution in [3.63, 3.8) is 0 Å². The van der Waals surface area contributed by atoms with Gasteiger partial charge in [0.1, 0.15) is 6.10 Å². The third kappa shape index (κ3) is 7.67. The molecule has 0 aromatic carbocycles. The molecule has 0 aromatic rings. The lowest BCUT2D eigenvalue weighted by atomic mass is 9.87. The van der Waals surface area contributed by atoms with E-state index in [0.717, 1.165) is 57.8 Å². The molecule has 1 N–H and O–H groups in total. The smallest absolute Gasteiger partial charge is 0.311 e. The van der Waals surface area contributed by atoms with Crippen molar-refractivity contribution in [1.29, 1.82) is 0 Å². The van der Waals surface area contributed by atoms with Crippen molar-refractivity contribution in [1.82, 2.24) is 10.2 Å². The van der Waals surface area contributed by atoms with Crippen LogP contribution in [0, 0.1) is 11.8 Å². The number of carbonyl (C=O) groups is 2. The van der Waals surface area contributed by atoms with Crippen LogP contribution < -0.4 is 5.32 Å². The molecule has 2 saturated heterocycles. The first-order valence-corrected chi connectivity index (χ1v) is 13.9. The van der Waals surface area contributed by atoms with Crippen LogP contribution >= 0.6 is 0 Å². The van der Waals surface area contributed by atoms with Gasteiger partial charge in [-0.25, -0.2) is 0 Å². The zero-order valence-corrected chi connectivity index (χ0v) is 24.4. The van der Waals surface area contributed by atoms with E-state index in [9.17, 15) is 9.59 Å². The van der Waals surface area contributed by atoms with E-state index in [4.69, 9.17) is 9.47 Å². The molecule has 6 heteroatoms. The molecule has 6 nitrogen and oxygen atoms in total. The number of nitrogens with zero attached hydrogens (tertiary/aromatic N) is 1. The van der Waals surface area contributed by atoms with E-state index in [1.54, 1.807) is 0 Å². The summed E-state index contributed by atoms with van der Waals surface area (Å²) in [6, 6.07) is 0. The normalized spacial score (nSPS) is 27.5. The number of unbranched alkanes of at least 4 members (excludes halogenated alkanes) is 4. The maximum Gasteiger partial charge on any atom is 0.311 e. The van der Waals surface area contributed by atoms with Gasteiger partial charge in [0.25, 0.3) is 0 Å². The van der Waals surface area contributed by atoms with Gasteiger partial charge in [-0.15, -0.1) is 0 Å². The Bertz CT molecular complexity index is 728. The second kappa shape index (κ2) is 11.5. The molecule has 0 bridgehead atoms. The van der Waals surface area contributed by atoms with E-state index in [1.807, 2.05) is 0 Å². The molecule has 0 radical (unpaired) electrons. The highest BCUT2D eigenvalue weighted by Crippen LogP contribution is 2.44. The molecule has 35 heavy (non-hydrogen) atoms. The number of nitrogens with one attached hydrogen (secondary N) is 1. The predicted octanol–water partition coefficient (Wildman–Crippen LogP) is 5.87. The molecule has 2 rings (SSSR count). The first-order valence-electron chi connectivity index (χ1n) is 13.9. The molecular formula is C29H54N2O4. The maximum absolute atomic E-state index is 13.0. The van der Waals surface area contributed by atoms with Crippen molar-refractivity contribution < 1.29 is 19.1 Å². The van der Waals surface area contributed by atoms with E-state index < -0.39 is 0 Å². The lowest BCUT2D eigenvalue weighted by Crippen LogP contribution is -2.48. The van der Waals surface area contributed by atoms with Crippen LogP contribution in [0.1, 0.15) is 120 Å². The Morgan fingerprint density at radius 3 is 2.00 bits per heavy atom. The summed E-state index contributed by atoms with van der Waals surface area (Å²) < 4.78 is 11.6. The van der Waals surface area contributed by atoms with Crippen molar-refractivity contribution >= 4 is 11.9 Å². The molecule has 3 atom stereocenters. The molecule has 2 heterocycles. The van der Waals surface area contributed by atoms with Crippen LogP contribution in [0.25, 0.3) is 0 Å². The van der Waals surface area contributed by atoms with Crippen LogP contribution in [0.15, 0.2) is 0 Å². The van der Waals surface area contributed by atoms with E-state index >= 15 is 0 Å². The van der Waals surface area contributed by atoms with Gasteiger partial charge in [0.15, 0.2) is 0 Å². The van der Waals surface area contributed by atoms with E-state index in [1.165, 1.54) is 0 Å². The monoisotopic (exact) mass is 494 g/mol. The first kappa shape index (κ1) is 30.1. The predicted molar refractivity (Wildman–Crippen MR) is 142 cm³/mol. The summed E-state index contributed by atoms with van der Waals surface area (Å²) in [5.41, 5.74) is -0.440. The van der Waals surface area contributed by atoms with Crippen LogP contribution in [-0.2, 0) is 19.1 Å². The number of ether oxygens (including phenoxy) is 2. The van der Waals surface area contributed by atoms with E-state index in [2.05, 4.69) is 79.6 Å². The van der Waals surface area contributed by atoms with Crippen LogP contribution in [0.2, 0.25) is 0 Å². The van der Waals surface area contributed by atoms with Gasteiger partial charge in [-0.1, -0.05) is 26.2 Å². The average Bonchev–Trinajstić information content (AvgIpc) is 3.07. The minimum absolute atomic E-state index is 0.000833. The number of esters is 2. The molecule has 0 aliphatic carbocycles. The summed E-state index contributed by atoms with van der Waals surface area (Å²) in [5.74, 6) is -0.283. The molecule has 0 aromatic heterocycles. The summed E-state index contributed by atoms with van der Waals surface area (Å²) in [5, 5.41) is 3.54. The molecule has 0 amide bonds. The van der Waals surface area contributed by atoms with Crippen LogP contribution in [0.4, 0.5) is 0 Å². The Morgan fingerprint density at radius 1 is 0.886 bits per heavy atom. The van der Waals surface area contributed by atoms with Gasteiger partial charge in [-0.2, -0.15) is 0 Å².